The van der Waals surface area contributed by atoms with Crippen LogP contribution in [0, 0.1) is 0 Å². The Labute approximate surface area is 133 Å². The Balaban J connectivity index is 0.00000324. The molecule has 2 N–H and O–H groups in total. The quantitative estimate of drug-likeness (QED) is 0.381. The molecule has 0 aromatic carbocycles. The first-order chi connectivity index (χ1) is 8.46. The van der Waals surface area contributed by atoms with Gasteiger partial charge in [0.2, 0.25) is 0 Å². The zero-order valence-corrected chi connectivity index (χ0v) is 15.0. The van der Waals surface area contributed by atoms with E-state index in [0.29, 0.717) is 12.4 Å². The second kappa shape index (κ2) is 8.96. The van der Waals surface area contributed by atoms with Crippen LogP contribution in [-0.2, 0) is 9.84 Å². The molecule has 1 aliphatic heterocycles. The molecule has 1 rings (SSSR count). The summed E-state index contributed by atoms with van der Waals surface area (Å²) in [7, 11) is 0.913. The van der Waals surface area contributed by atoms with Crippen LogP contribution >= 0.6 is 24.0 Å². The van der Waals surface area contributed by atoms with Crippen molar-refractivity contribution in [1.29, 1.82) is 0 Å². The third kappa shape index (κ3) is 7.31. The molecule has 1 unspecified atom stereocenters. The van der Waals surface area contributed by atoms with Crippen LogP contribution in [0.4, 0.5) is 0 Å². The highest BCUT2D eigenvalue weighted by atomic mass is 127. The Morgan fingerprint density at radius 1 is 1.47 bits per heavy atom. The molecule has 1 atom stereocenters. The fourth-order valence-electron chi connectivity index (χ4n) is 1.82. The number of rotatable bonds is 5. The van der Waals surface area contributed by atoms with Crippen molar-refractivity contribution in [2.24, 2.45) is 4.99 Å². The van der Waals surface area contributed by atoms with Crippen molar-refractivity contribution in [2.45, 2.75) is 19.4 Å². The smallest absolute Gasteiger partial charge is 0.191 e. The second-order valence-electron chi connectivity index (χ2n) is 4.64. The van der Waals surface area contributed by atoms with Gasteiger partial charge in [0.25, 0.3) is 0 Å². The van der Waals surface area contributed by atoms with Gasteiger partial charge in [-0.3, -0.25) is 4.99 Å². The summed E-state index contributed by atoms with van der Waals surface area (Å²) in [6.07, 6.45) is 0.665. The lowest BCUT2D eigenvalue weighted by Gasteiger charge is -2.18. The van der Waals surface area contributed by atoms with Gasteiger partial charge in [0, 0.05) is 26.2 Å². The molecule has 0 aromatic heterocycles. The summed E-state index contributed by atoms with van der Waals surface area (Å²) in [6.45, 7) is 4.84. The molecule has 1 saturated heterocycles. The molecule has 1 aliphatic rings. The Morgan fingerprint density at radius 3 is 2.63 bits per heavy atom. The highest BCUT2D eigenvalue weighted by Crippen LogP contribution is 2.10. The molecule has 0 amide bonds. The van der Waals surface area contributed by atoms with Crippen LogP contribution in [0.15, 0.2) is 4.99 Å². The fourth-order valence-corrected chi connectivity index (χ4v) is 3.49. The van der Waals surface area contributed by atoms with Gasteiger partial charge in [-0.2, -0.15) is 0 Å². The zero-order chi connectivity index (χ0) is 13.6. The highest BCUT2D eigenvalue weighted by molar-refractivity contribution is 14.0. The molecule has 0 bridgehead atoms. The average Bonchev–Trinajstić information content (AvgIpc) is 2.67. The molecule has 0 aromatic rings. The Hall–Kier alpha value is -0.0900. The van der Waals surface area contributed by atoms with E-state index in [1.807, 2.05) is 0 Å². The summed E-state index contributed by atoms with van der Waals surface area (Å²) in [6, 6.07) is -0.00916. The molecule has 0 saturated carbocycles. The molecular weight excluding hydrogens is 379 g/mol. The maximum atomic E-state index is 11.3. The highest BCUT2D eigenvalue weighted by Gasteiger charge is 2.28. The molecular formula is C11H25IN4O2S. The molecule has 19 heavy (non-hydrogen) atoms. The number of aliphatic imine (C=N–C) groups is 1. The van der Waals surface area contributed by atoms with E-state index in [2.05, 4.69) is 34.5 Å². The van der Waals surface area contributed by atoms with E-state index in [4.69, 9.17) is 0 Å². The van der Waals surface area contributed by atoms with E-state index in [0.717, 1.165) is 19.6 Å². The normalized spacial score (nSPS) is 22.1. The van der Waals surface area contributed by atoms with Gasteiger partial charge in [0.1, 0.15) is 0 Å². The molecule has 8 heteroatoms. The Morgan fingerprint density at radius 2 is 2.16 bits per heavy atom. The number of nitrogens with zero attached hydrogens (tertiary/aromatic N) is 2. The first-order valence-corrected chi connectivity index (χ1v) is 8.15. The van der Waals surface area contributed by atoms with Crippen LogP contribution in [0.1, 0.15) is 13.3 Å². The van der Waals surface area contributed by atoms with Gasteiger partial charge in [-0.05, 0) is 20.0 Å². The summed E-state index contributed by atoms with van der Waals surface area (Å²) in [5, 5.41) is 6.35. The van der Waals surface area contributed by atoms with Crippen LogP contribution in [-0.4, -0.2) is 70.6 Å². The zero-order valence-electron chi connectivity index (χ0n) is 11.8. The van der Waals surface area contributed by atoms with Crippen LogP contribution < -0.4 is 10.6 Å². The molecule has 1 heterocycles. The minimum atomic E-state index is -2.84. The third-order valence-corrected chi connectivity index (χ3v) is 4.89. The van der Waals surface area contributed by atoms with Gasteiger partial charge in [-0.25, -0.2) is 8.42 Å². The summed E-state index contributed by atoms with van der Waals surface area (Å²) in [4.78, 5) is 6.30. The number of halogens is 1. The predicted octanol–water partition coefficient (Wildman–Crippen LogP) is -0.0918. The topological polar surface area (TPSA) is 73.8 Å². The van der Waals surface area contributed by atoms with Crippen molar-refractivity contribution in [3.05, 3.63) is 0 Å². The Bertz CT molecular complexity index is 386. The van der Waals surface area contributed by atoms with Gasteiger partial charge in [0.15, 0.2) is 15.8 Å². The van der Waals surface area contributed by atoms with Crippen molar-refractivity contribution in [1.82, 2.24) is 15.5 Å². The number of guanidine groups is 1. The third-order valence-electron chi connectivity index (χ3n) is 3.12. The molecule has 6 nitrogen and oxygen atoms in total. The lowest BCUT2D eigenvalue weighted by atomic mass is 10.3. The van der Waals surface area contributed by atoms with E-state index >= 15 is 0 Å². The second-order valence-corrected chi connectivity index (χ2v) is 6.87. The van der Waals surface area contributed by atoms with Crippen LogP contribution in [0.3, 0.4) is 0 Å². The fraction of sp³-hybridized carbons (Fsp3) is 0.909. The Kier molecular flexibility index (Phi) is 8.92. The van der Waals surface area contributed by atoms with Crippen molar-refractivity contribution in [3.8, 4) is 0 Å². The van der Waals surface area contributed by atoms with E-state index in [1.54, 1.807) is 7.05 Å². The first kappa shape index (κ1) is 18.9. The molecule has 1 fully saturated rings. The number of hydrogen-bond acceptors (Lipinski definition) is 4. The standard InChI is InChI=1S/C11H24N4O2S.HI/c1-4-15(3)7-6-13-11(12-2)14-10-5-8-18(16,17)9-10;/h10H,4-9H2,1-3H3,(H2,12,13,14);1H. The van der Waals surface area contributed by atoms with Crippen molar-refractivity contribution in [2.75, 3.05) is 45.2 Å². The summed E-state index contributed by atoms with van der Waals surface area (Å²) >= 11 is 0. The van der Waals surface area contributed by atoms with Gasteiger partial charge in [0.05, 0.1) is 11.5 Å². The van der Waals surface area contributed by atoms with Gasteiger partial charge in [-0.15, -0.1) is 24.0 Å². The monoisotopic (exact) mass is 404 g/mol. The largest absolute Gasteiger partial charge is 0.355 e. The number of sulfone groups is 1. The molecule has 114 valence electrons. The van der Waals surface area contributed by atoms with E-state index in [1.165, 1.54) is 0 Å². The molecule has 0 aliphatic carbocycles. The number of hydrogen-bond donors (Lipinski definition) is 2. The SMILES string of the molecule is CCN(C)CCNC(=NC)NC1CCS(=O)(=O)C1.I. The minimum Gasteiger partial charge on any atom is -0.355 e. The summed E-state index contributed by atoms with van der Waals surface area (Å²) < 4.78 is 22.7. The number of likely N-dealkylation sites (N-methyl/N-ethyl adjacent to an activating group) is 1. The van der Waals surface area contributed by atoms with Gasteiger partial charge < -0.3 is 15.5 Å². The van der Waals surface area contributed by atoms with Crippen LogP contribution in [0.2, 0.25) is 0 Å². The molecule has 0 spiro atoms. The lowest BCUT2D eigenvalue weighted by Crippen LogP contribution is -2.45. The van der Waals surface area contributed by atoms with Gasteiger partial charge in [-0.1, -0.05) is 6.92 Å². The maximum absolute atomic E-state index is 11.3. The average molecular weight is 404 g/mol. The van der Waals surface area contributed by atoms with E-state index < -0.39 is 9.84 Å². The summed E-state index contributed by atoms with van der Waals surface area (Å²) in [5.41, 5.74) is 0. The van der Waals surface area contributed by atoms with Crippen molar-refractivity contribution < 1.29 is 8.42 Å². The van der Waals surface area contributed by atoms with Crippen molar-refractivity contribution >= 4 is 39.8 Å². The van der Waals surface area contributed by atoms with Crippen molar-refractivity contribution in [3.63, 3.8) is 0 Å². The van der Waals surface area contributed by atoms with Crippen LogP contribution in [0.25, 0.3) is 0 Å². The molecule has 0 radical (unpaired) electrons. The van der Waals surface area contributed by atoms with E-state index in [-0.39, 0.29) is 41.5 Å². The predicted molar refractivity (Wildman–Crippen MR) is 90.1 cm³/mol. The number of nitrogens with one attached hydrogen (secondary N) is 2. The maximum Gasteiger partial charge on any atom is 0.191 e. The summed E-state index contributed by atoms with van der Waals surface area (Å²) in [5.74, 6) is 1.17. The first-order valence-electron chi connectivity index (χ1n) is 6.33. The van der Waals surface area contributed by atoms with Crippen LogP contribution in [0.5, 0.6) is 0 Å². The minimum absolute atomic E-state index is 0. The van der Waals surface area contributed by atoms with E-state index in [9.17, 15) is 8.42 Å². The lowest BCUT2D eigenvalue weighted by molar-refractivity contribution is 0.357. The van der Waals surface area contributed by atoms with Gasteiger partial charge >= 0.3 is 0 Å².